The molecule has 0 bridgehead atoms. The number of aromatic nitrogens is 1. The second-order valence-corrected chi connectivity index (χ2v) is 7.72. The van der Waals surface area contributed by atoms with Gasteiger partial charge in [-0.3, -0.25) is 0 Å². The molecule has 0 amide bonds. The van der Waals surface area contributed by atoms with E-state index in [0.717, 1.165) is 60.9 Å². The Hall–Kier alpha value is -1.59. The molecule has 0 saturated heterocycles. The SMILES string of the molecule is CC(N)COC1CCC(c2nc3ccc(OCC4CC4)cc3o2)CC1. The molecule has 2 aliphatic rings. The van der Waals surface area contributed by atoms with Gasteiger partial charge in [-0.25, -0.2) is 4.98 Å². The summed E-state index contributed by atoms with van der Waals surface area (Å²) in [6.07, 6.45) is 7.13. The second-order valence-electron chi connectivity index (χ2n) is 7.72. The van der Waals surface area contributed by atoms with Crippen LogP contribution in [0.15, 0.2) is 22.6 Å². The van der Waals surface area contributed by atoms with Crippen LogP contribution in [0.4, 0.5) is 0 Å². The van der Waals surface area contributed by atoms with Crippen LogP contribution in [0.25, 0.3) is 11.1 Å². The van der Waals surface area contributed by atoms with Crippen molar-refractivity contribution in [1.82, 2.24) is 4.98 Å². The van der Waals surface area contributed by atoms with E-state index in [9.17, 15) is 0 Å². The van der Waals surface area contributed by atoms with Crippen LogP contribution in [0.5, 0.6) is 5.75 Å². The van der Waals surface area contributed by atoms with E-state index in [4.69, 9.17) is 24.6 Å². The minimum atomic E-state index is 0.103. The summed E-state index contributed by atoms with van der Waals surface area (Å²) in [6, 6.07) is 6.08. The van der Waals surface area contributed by atoms with Crippen LogP contribution in [0, 0.1) is 5.92 Å². The molecule has 2 N–H and O–H groups in total. The molecular formula is C20H28N2O3. The largest absolute Gasteiger partial charge is 0.493 e. The first-order valence-electron chi connectivity index (χ1n) is 9.58. The fraction of sp³-hybridized carbons (Fsp3) is 0.650. The number of fused-ring (bicyclic) bond motifs is 1. The molecule has 25 heavy (non-hydrogen) atoms. The first-order chi connectivity index (χ1) is 12.2. The lowest BCUT2D eigenvalue weighted by Gasteiger charge is -2.27. The molecule has 1 heterocycles. The number of rotatable bonds is 7. The maximum Gasteiger partial charge on any atom is 0.198 e. The van der Waals surface area contributed by atoms with E-state index in [1.165, 1.54) is 12.8 Å². The van der Waals surface area contributed by atoms with Gasteiger partial charge in [-0.1, -0.05) is 0 Å². The fourth-order valence-electron chi connectivity index (χ4n) is 3.45. The monoisotopic (exact) mass is 344 g/mol. The molecule has 1 aromatic heterocycles. The van der Waals surface area contributed by atoms with Crippen molar-refractivity contribution in [3.63, 3.8) is 0 Å². The molecule has 4 rings (SSSR count). The number of ether oxygens (including phenoxy) is 2. The molecular weight excluding hydrogens is 316 g/mol. The lowest BCUT2D eigenvalue weighted by atomic mass is 9.87. The van der Waals surface area contributed by atoms with Crippen molar-refractivity contribution in [2.45, 2.75) is 63.5 Å². The van der Waals surface area contributed by atoms with Gasteiger partial charge in [0.25, 0.3) is 0 Å². The highest BCUT2D eigenvalue weighted by Crippen LogP contribution is 2.36. The maximum absolute atomic E-state index is 6.05. The molecule has 1 aromatic carbocycles. The predicted molar refractivity (Wildman–Crippen MR) is 96.8 cm³/mol. The Bertz CT molecular complexity index is 700. The number of hydrogen-bond donors (Lipinski definition) is 1. The molecule has 0 radical (unpaired) electrons. The zero-order valence-corrected chi connectivity index (χ0v) is 14.9. The molecule has 5 nitrogen and oxygen atoms in total. The summed E-state index contributed by atoms with van der Waals surface area (Å²) >= 11 is 0. The van der Waals surface area contributed by atoms with E-state index in [1.54, 1.807) is 0 Å². The molecule has 2 aromatic rings. The average Bonchev–Trinajstić information content (AvgIpc) is 3.35. The lowest BCUT2D eigenvalue weighted by molar-refractivity contribution is 0.0179. The Labute approximate surface area is 148 Å². The topological polar surface area (TPSA) is 70.5 Å². The third-order valence-electron chi connectivity index (χ3n) is 5.18. The van der Waals surface area contributed by atoms with Gasteiger partial charge in [0.15, 0.2) is 11.5 Å². The van der Waals surface area contributed by atoms with Crippen molar-refractivity contribution in [1.29, 1.82) is 0 Å². The maximum atomic E-state index is 6.05. The van der Waals surface area contributed by atoms with Crippen molar-refractivity contribution < 1.29 is 13.9 Å². The van der Waals surface area contributed by atoms with Gasteiger partial charge in [-0.05, 0) is 63.5 Å². The van der Waals surface area contributed by atoms with Crippen LogP contribution in [0.2, 0.25) is 0 Å². The molecule has 1 atom stereocenters. The van der Waals surface area contributed by atoms with Crippen molar-refractivity contribution >= 4 is 11.1 Å². The van der Waals surface area contributed by atoms with Gasteiger partial charge in [0.05, 0.1) is 19.3 Å². The Balaban J connectivity index is 1.36. The highest BCUT2D eigenvalue weighted by molar-refractivity contribution is 5.74. The summed E-state index contributed by atoms with van der Waals surface area (Å²) in [7, 11) is 0. The van der Waals surface area contributed by atoms with Gasteiger partial charge in [0, 0.05) is 18.0 Å². The molecule has 136 valence electrons. The number of nitrogens with two attached hydrogens (primary N) is 1. The fourth-order valence-corrected chi connectivity index (χ4v) is 3.45. The molecule has 2 fully saturated rings. The normalized spacial score (nSPS) is 25.2. The summed E-state index contributed by atoms with van der Waals surface area (Å²) in [5.74, 6) is 2.88. The highest BCUT2D eigenvalue weighted by atomic mass is 16.5. The minimum Gasteiger partial charge on any atom is -0.493 e. The summed E-state index contributed by atoms with van der Waals surface area (Å²) in [4.78, 5) is 4.70. The van der Waals surface area contributed by atoms with Gasteiger partial charge in [-0.15, -0.1) is 0 Å². The second kappa shape index (κ2) is 7.34. The highest BCUT2D eigenvalue weighted by Gasteiger charge is 2.27. The third-order valence-corrected chi connectivity index (χ3v) is 5.18. The smallest absolute Gasteiger partial charge is 0.198 e. The summed E-state index contributed by atoms with van der Waals surface area (Å²) in [6.45, 7) is 3.44. The zero-order chi connectivity index (χ0) is 17.2. The number of oxazole rings is 1. The van der Waals surface area contributed by atoms with E-state index < -0.39 is 0 Å². The Morgan fingerprint density at radius 2 is 2.00 bits per heavy atom. The molecule has 0 spiro atoms. The van der Waals surface area contributed by atoms with Crippen molar-refractivity contribution in [2.24, 2.45) is 11.7 Å². The first kappa shape index (κ1) is 16.9. The summed E-state index contributed by atoms with van der Waals surface area (Å²) in [5.41, 5.74) is 7.52. The molecule has 1 unspecified atom stereocenters. The van der Waals surface area contributed by atoms with E-state index >= 15 is 0 Å². The third kappa shape index (κ3) is 4.33. The first-order valence-corrected chi connectivity index (χ1v) is 9.58. The van der Waals surface area contributed by atoms with Gasteiger partial charge < -0.3 is 19.6 Å². The minimum absolute atomic E-state index is 0.103. The van der Waals surface area contributed by atoms with Crippen LogP contribution in [0.1, 0.15) is 57.3 Å². The molecule has 2 saturated carbocycles. The van der Waals surface area contributed by atoms with Crippen LogP contribution < -0.4 is 10.5 Å². The Morgan fingerprint density at radius 1 is 1.20 bits per heavy atom. The molecule has 0 aliphatic heterocycles. The van der Waals surface area contributed by atoms with Crippen LogP contribution in [-0.4, -0.2) is 30.3 Å². The van der Waals surface area contributed by atoms with Gasteiger partial charge in [0.2, 0.25) is 0 Å². The van der Waals surface area contributed by atoms with Gasteiger partial charge in [-0.2, -0.15) is 0 Å². The number of nitrogens with zero attached hydrogens (tertiary/aromatic N) is 1. The average molecular weight is 344 g/mol. The van der Waals surface area contributed by atoms with E-state index in [-0.39, 0.29) is 6.04 Å². The standard InChI is InChI=1S/C20H28N2O3/c1-13(21)11-23-16-6-4-15(5-7-16)20-22-18-9-8-17(10-19(18)25-20)24-12-14-2-3-14/h8-10,13-16H,2-7,11-12,21H2,1H3. The van der Waals surface area contributed by atoms with Crippen LogP contribution in [-0.2, 0) is 4.74 Å². The van der Waals surface area contributed by atoms with Crippen molar-refractivity contribution in [3.8, 4) is 5.75 Å². The molecule has 2 aliphatic carbocycles. The predicted octanol–water partition coefficient (Wildman–Crippen LogP) is 4.01. The lowest BCUT2D eigenvalue weighted by Crippen LogP contribution is -2.28. The van der Waals surface area contributed by atoms with E-state index in [1.807, 2.05) is 25.1 Å². The van der Waals surface area contributed by atoms with Gasteiger partial charge in [0.1, 0.15) is 11.3 Å². The van der Waals surface area contributed by atoms with E-state index in [0.29, 0.717) is 18.6 Å². The zero-order valence-electron chi connectivity index (χ0n) is 14.9. The van der Waals surface area contributed by atoms with Crippen molar-refractivity contribution in [2.75, 3.05) is 13.2 Å². The Kier molecular flexibility index (Phi) is 4.95. The van der Waals surface area contributed by atoms with Crippen molar-refractivity contribution in [3.05, 3.63) is 24.1 Å². The summed E-state index contributed by atoms with van der Waals surface area (Å²) in [5, 5.41) is 0. The number of hydrogen-bond acceptors (Lipinski definition) is 5. The van der Waals surface area contributed by atoms with Crippen LogP contribution >= 0.6 is 0 Å². The summed E-state index contributed by atoms with van der Waals surface area (Å²) < 4.78 is 17.8. The Morgan fingerprint density at radius 3 is 2.72 bits per heavy atom. The van der Waals surface area contributed by atoms with Gasteiger partial charge >= 0.3 is 0 Å². The van der Waals surface area contributed by atoms with Crippen LogP contribution in [0.3, 0.4) is 0 Å². The number of benzene rings is 1. The molecule has 5 heteroatoms. The van der Waals surface area contributed by atoms with E-state index in [2.05, 4.69) is 0 Å². The quantitative estimate of drug-likeness (QED) is 0.822.